The molecule has 1 aromatic heterocycles. The van der Waals surface area contributed by atoms with Gasteiger partial charge in [-0.1, -0.05) is 11.6 Å². The molecule has 5 nitrogen and oxygen atoms in total. The molecule has 1 atom stereocenters. The minimum atomic E-state index is -3.45. The molecular weight excluding hydrogens is 274 g/mol. The molecule has 0 bridgehead atoms. The summed E-state index contributed by atoms with van der Waals surface area (Å²) in [5.74, 6) is 0. The molecule has 0 spiro atoms. The van der Waals surface area contributed by atoms with E-state index in [0.717, 1.165) is 6.42 Å². The Morgan fingerprint density at radius 3 is 2.78 bits per heavy atom. The van der Waals surface area contributed by atoms with Crippen LogP contribution in [0.1, 0.15) is 6.42 Å². The lowest BCUT2D eigenvalue weighted by Crippen LogP contribution is -2.34. The first-order chi connectivity index (χ1) is 8.41. The van der Waals surface area contributed by atoms with Crippen molar-refractivity contribution in [2.24, 2.45) is 0 Å². The van der Waals surface area contributed by atoms with Crippen molar-refractivity contribution in [1.29, 1.82) is 0 Å². The molecule has 0 aliphatic carbocycles. The molecule has 7 heteroatoms. The zero-order valence-electron chi connectivity index (χ0n) is 10.4. The molecule has 1 unspecified atom stereocenters. The fourth-order valence-corrected chi connectivity index (χ4v) is 3.79. The lowest BCUT2D eigenvalue weighted by atomic mass is 10.2. The normalized spacial score (nSPS) is 21.7. The van der Waals surface area contributed by atoms with Crippen LogP contribution in [0.2, 0.25) is 5.15 Å². The molecule has 2 rings (SSSR count). The minimum absolute atomic E-state index is 0.194. The van der Waals surface area contributed by atoms with Gasteiger partial charge in [-0.05, 0) is 32.6 Å². The topological polar surface area (TPSA) is 53.5 Å². The Hall–Kier alpha value is -0.690. The predicted octanol–water partition coefficient (Wildman–Crippen LogP) is 1.06. The van der Waals surface area contributed by atoms with E-state index in [2.05, 4.69) is 9.88 Å². The Kier molecular flexibility index (Phi) is 3.91. The number of halogens is 1. The SMILES string of the molecule is CN(C)C1CCN(S(=O)(=O)c2ccnc(Cl)c2)C1. The van der Waals surface area contributed by atoms with E-state index in [9.17, 15) is 8.42 Å². The van der Waals surface area contributed by atoms with Crippen molar-refractivity contribution < 1.29 is 8.42 Å². The maximum absolute atomic E-state index is 12.4. The third kappa shape index (κ3) is 2.66. The quantitative estimate of drug-likeness (QED) is 0.781. The summed E-state index contributed by atoms with van der Waals surface area (Å²) in [7, 11) is 0.479. The van der Waals surface area contributed by atoms with Gasteiger partial charge in [0.2, 0.25) is 10.0 Å². The van der Waals surface area contributed by atoms with Crippen LogP contribution < -0.4 is 0 Å². The zero-order valence-corrected chi connectivity index (χ0v) is 11.9. The van der Waals surface area contributed by atoms with Crippen molar-refractivity contribution in [1.82, 2.24) is 14.2 Å². The highest BCUT2D eigenvalue weighted by Gasteiger charge is 2.33. The van der Waals surface area contributed by atoms with E-state index in [4.69, 9.17) is 11.6 Å². The van der Waals surface area contributed by atoms with Crippen LogP contribution in [0.3, 0.4) is 0 Å². The molecule has 0 amide bonds. The van der Waals surface area contributed by atoms with Crippen molar-refractivity contribution in [2.45, 2.75) is 17.4 Å². The van der Waals surface area contributed by atoms with Crippen molar-refractivity contribution in [3.8, 4) is 0 Å². The van der Waals surface area contributed by atoms with E-state index in [-0.39, 0.29) is 16.1 Å². The molecular formula is C11H16ClN3O2S. The van der Waals surface area contributed by atoms with Gasteiger partial charge in [0.15, 0.2) is 0 Å². The minimum Gasteiger partial charge on any atom is -0.305 e. The summed E-state index contributed by atoms with van der Waals surface area (Å²) in [5.41, 5.74) is 0. The van der Waals surface area contributed by atoms with E-state index in [1.54, 1.807) is 0 Å². The van der Waals surface area contributed by atoms with Crippen LogP contribution in [0, 0.1) is 0 Å². The van der Waals surface area contributed by atoms with E-state index in [0.29, 0.717) is 13.1 Å². The highest BCUT2D eigenvalue weighted by molar-refractivity contribution is 7.89. The molecule has 2 heterocycles. The Morgan fingerprint density at radius 2 is 2.22 bits per heavy atom. The van der Waals surface area contributed by atoms with Crippen LogP contribution in [0.15, 0.2) is 23.2 Å². The van der Waals surface area contributed by atoms with Gasteiger partial charge in [-0.2, -0.15) is 4.31 Å². The third-order valence-corrected chi connectivity index (χ3v) is 5.26. The highest BCUT2D eigenvalue weighted by Crippen LogP contribution is 2.23. The van der Waals surface area contributed by atoms with Gasteiger partial charge < -0.3 is 4.90 Å². The Balaban J connectivity index is 2.23. The van der Waals surface area contributed by atoms with Crippen molar-refractivity contribution in [3.63, 3.8) is 0 Å². The molecule has 18 heavy (non-hydrogen) atoms. The van der Waals surface area contributed by atoms with Gasteiger partial charge in [-0.15, -0.1) is 0 Å². The molecule has 1 aliphatic heterocycles. The van der Waals surface area contributed by atoms with Crippen LogP contribution in [-0.2, 0) is 10.0 Å². The number of pyridine rings is 1. The molecule has 1 fully saturated rings. The standard InChI is InChI=1S/C11H16ClN3O2S/c1-14(2)9-4-6-15(8-9)18(16,17)10-3-5-13-11(12)7-10/h3,5,7,9H,4,6,8H2,1-2H3. The van der Waals surface area contributed by atoms with Gasteiger partial charge in [0.25, 0.3) is 0 Å². The van der Waals surface area contributed by atoms with Gasteiger partial charge in [-0.3, -0.25) is 0 Å². The average Bonchev–Trinajstić information content (AvgIpc) is 2.79. The van der Waals surface area contributed by atoms with E-state index in [1.165, 1.54) is 22.6 Å². The number of rotatable bonds is 3. The molecule has 0 aromatic carbocycles. The summed E-state index contributed by atoms with van der Waals surface area (Å²) in [6.45, 7) is 1.07. The maximum atomic E-state index is 12.4. The Bertz CT molecular complexity index is 533. The van der Waals surface area contributed by atoms with Crippen molar-refractivity contribution >= 4 is 21.6 Å². The summed E-state index contributed by atoms with van der Waals surface area (Å²) < 4.78 is 26.3. The Morgan fingerprint density at radius 1 is 1.50 bits per heavy atom. The fourth-order valence-electron chi connectivity index (χ4n) is 2.04. The summed E-state index contributed by atoms with van der Waals surface area (Å²) in [6, 6.07) is 3.14. The van der Waals surface area contributed by atoms with Gasteiger partial charge in [0.05, 0.1) is 4.90 Å². The Labute approximate surface area is 112 Å². The zero-order chi connectivity index (χ0) is 13.3. The number of aromatic nitrogens is 1. The largest absolute Gasteiger partial charge is 0.305 e. The van der Waals surface area contributed by atoms with Crippen molar-refractivity contribution in [2.75, 3.05) is 27.2 Å². The molecule has 0 N–H and O–H groups in total. The second-order valence-electron chi connectivity index (χ2n) is 4.58. The van der Waals surface area contributed by atoms with E-state index < -0.39 is 10.0 Å². The van der Waals surface area contributed by atoms with E-state index in [1.807, 2.05) is 14.1 Å². The fraction of sp³-hybridized carbons (Fsp3) is 0.545. The first-order valence-corrected chi connectivity index (χ1v) is 7.51. The molecule has 100 valence electrons. The molecule has 0 radical (unpaired) electrons. The predicted molar refractivity (Wildman–Crippen MR) is 70.1 cm³/mol. The van der Waals surface area contributed by atoms with Crippen LogP contribution in [0.4, 0.5) is 0 Å². The molecule has 1 aliphatic rings. The summed E-state index contributed by atoms with van der Waals surface area (Å²) in [5, 5.41) is 0.194. The monoisotopic (exact) mass is 289 g/mol. The molecule has 1 saturated heterocycles. The second kappa shape index (κ2) is 5.13. The third-order valence-electron chi connectivity index (χ3n) is 3.19. The smallest absolute Gasteiger partial charge is 0.243 e. The number of sulfonamides is 1. The van der Waals surface area contributed by atoms with Gasteiger partial charge in [0.1, 0.15) is 5.15 Å². The molecule has 0 saturated carbocycles. The second-order valence-corrected chi connectivity index (χ2v) is 6.91. The number of nitrogens with zero attached hydrogens (tertiary/aromatic N) is 3. The number of hydrogen-bond donors (Lipinski definition) is 0. The van der Waals surface area contributed by atoms with Crippen LogP contribution >= 0.6 is 11.6 Å². The average molecular weight is 290 g/mol. The summed E-state index contributed by atoms with van der Waals surface area (Å²) in [6.07, 6.45) is 2.26. The lowest BCUT2D eigenvalue weighted by molar-refractivity contribution is 0.302. The first-order valence-electron chi connectivity index (χ1n) is 5.69. The van der Waals surface area contributed by atoms with Crippen LogP contribution in [0.5, 0.6) is 0 Å². The maximum Gasteiger partial charge on any atom is 0.243 e. The lowest BCUT2D eigenvalue weighted by Gasteiger charge is -2.20. The van der Waals surface area contributed by atoms with Gasteiger partial charge in [0, 0.05) is 25.3 Å². The van der Waals surface area contributed by atoms with Crippen LogP contribution in [0.25, 0.3) is 0 Å². The first kappa shape index (κ1) is 13.7. The van der Waals surface area contributed by atoms with Gasteiger partial charge in [-0.25, -0.2) is 13.4 Å². The number of likely N-dealkylation sites (N-methyl/N-ethyl adjacent to an activating group) is 1. The number of hydrogen-bond acceptors (Lipinski definition) is 4. The highest BCUT2D eigenvalue weighted by atomic mass is 35.5. The van der Waals surface area contributed by atoms with Crippen LogP contribution in [-0.4, -0.2) is 55.8 Å². The molecule has 1 aromatic rings. The van der Waals surface area contributed by atoms with Gasteiger partial charge >= 0.3 is 0 Å². The summed E-state index contributed by atoms with van der Waals surface area (Å²) >= 11 is 5.73. The van der Waals surface area contributed by atoms with Crippen molar-refractivity contribution in [3.05, 3.63) is 23.5 Å². The van der Waals surface area contributed by atoms with E-state index >= 15 is 0 Å². The summed E-state index contributed by atoms with van der Waals surface area (Å²) in [4.78, 5) is 6.06.